The number of ether oxygens (including phenoxy) is 1. The molecule has 1 aromatic heterocycles. The zero-order valence-corrected chi connectivity index (χ0v) is 43.3. The summed E-state index contributed by atoms with van der Waals surface area (Å²) in [6.45, 7) is 6.80. The van der Waals surface area contributed by atoms with E-state index in [4.69, 9.17) is 10.5 Å². The molecule has 8 amide bonds. The molecule has 75 heavy (non-hydrogen) atoms. The van der Waals surface area contributed by atoms with Crippen LogP contribution < -0.4 is 37.6 Å². The maximum Gasteiger partial charge on any atom is 0.408 e. The zero-order chi connectivity index (χ0) is 53.6. The van der Waals surface area contributed by atoms with Crippen LogP contribution in [0.4, 0.5) is 10.5 Å². The minimum Gasteiger partial charge on any atom is -0.444 e. The Morgan fingerprint density at radius 2 is 1.48 bits per heavy atom. The van der Waals surface area contributed by atoms with E-state index < -0.39 is 77.5 Å². The van der Waals surface area contributed by atoms with Gasteiger partial charge in [0, 0.05) is 57.7 Å². The Morgan fingerprint density at radius 3 is 2.12 bits per heavy atom. The van der Waals surface area contributed by atoms with Crippen LogP contribution in [-0.4, -0.2) is 122 Å². The summed E-state index contributed by atoms with van der Waals surface area (Å²) >= 11 is 0. The average Bonchev–Trinajstić information content (AvgIpc) is 3.91. The molecule has 6 N–H and O–H groups in total. The second-order valence-corrected chi connectivity index (χ2v) is 21.3. The summed E-state index contributed by atoms with van der Waals surface area (Å²) in [6, 6.07) is 19.3. The van der Waals surface area contributed by atoms with Gasteiger partial charge in [0.1, 0.15) is 29.8 Å². The van der Waals surface area contributed by atoms with Crippen LogP contribution in [0.25, 0.3) is 11.0 Å². The van der Waals surface area contributed by atoms with Crippen LogP contribution in [0.1, 0.15) is 121 Å². The van der Waals surface area contributed by atoms with Gasteiger partial charge in [0.05, 0.1) is 23.6 Å². The average molecular weight is 1030 g/mol. The van der Waals surface area contributed by atoms with E-state index in [1.54, 1.807) is 32.7 Å². The molecule has 4 fully saturated rings. The second kappa shape index (κ2) is 23.4. The molecule has 4 aliphatic rings. The molecule has 5 heterocycles. The van der Waals surface area contributed by atoms with E-state index >= 15 is 0 Å². The van der Waals surface area contributed by atoms with Gasteiger partial charge in [0.25, 0.3) is 0 Å². The molecule has 4 aliphatic heterocycles. The molecule has 1 unspecified atom stereocenters. The monoisotopic (exact) mass is 1030 g/mol. The van der Waals surface area contributed by atoms with Gasteiger partial charge in [-0.3, -0.25) is 48.0 Å². The van der Waals surface area contributed by atoms with Gasteiger partial charge in [0.2, 0.25) is 41.4 Å². The molecule has 20 nitrogen and oxygen atoms in total. The van der Waals surface area contributed by atoms with E-state index in [0.29, 0.717) is 36.2 Å². The Balaban J connectivity index is 0.893. The van der Waals surface area contributed by atoms with E-state index in [1.165, 1.54) is 14.0 Å². The van der Waals surface area contributed by atoms with Gasteiger partial charge < -0.3 is 41.1 Å². The zero-order valence-electron chi connectivity index (χ0n) is 43.3. The number of nitrogens with one attached hydrogen (secondary N) is 4. The first-order valence-electron chi connectivity index (χ1n) is 26.2. The van der Waals surface area contributed by atoms with Crippen molar-refractivity contribution in [3.63, 3.8) is 0 Å². The molecule has 0 radical (unpaired) electrons. The van der Waals surface area contributed by atoms with Crippen molar-refractivity contribution in [3.05, 3.63) is 100 Å². The molecule has 0 bridgehead atoms. The number of carbonyl (C=O) groups excluding carboxylic acids is 8. The summed E-state index contributed by atoms with van der Waals surface area (Å²) in [5.41, 5.74) is 8.23. The number of amides is 8. The van der Waals surface area contributed by atoms with E-state index in [1.807, 2.05) is 78.9 Å². The van der Waals surface area contributed by atoms with Crippen LogP contribution >= 0.6 is 0 Å². The lowest BCUT2D eigenvalue weighted by molar-refractivity contribution is -0.146. The summed E-state index contributed by atoms with van der Waals surface area (Å²) in [5.74, 6) is -2.91. The molecule has 0 saturated carbocycles. The Hall–Kier alpha value is -7.51. The number of piperidine rings is 2. The van der Waals surface area contributed by atoms with Gasteiger partial charge in [-0.1, -0.05) is 60.7 Å². The largest absolute Gasteiger partial charge is 0.444 e. The van der Waals surface area contributed by atoms with E-state index in [0.717, 1.165) is 49.2 Å². The van der Waals surface area contributed by atoms with Gasteiger partial charge in [-0.15, -0.1) is 0 Å². The number of primary amides is 1. The molecular formula is C55H70N10O10. The molecule has 3 aromatic carbocycles. The number of hydrogen-bond donors (Lipinski definition) is 5. The lowest BCUT2D eigenvalue weighted by Crippen LogP contribution is -2.62. The van der Waals surface area contributed by atoms with E-state index in [9.17, 15) is 43.2 Å². The number of imide groups is 1. The summed E-state index contributed by atoms with van der Waals surface area (Å²) in [4.78, 5) is 126. The standard InChI is InChI=1S/C55H70N10O10/c1-55(2,3)75-53(73)58-40-33-63(47(68)17-11-12-34-26-29-62(30-27-34)38-19-21-41-44(32-38)61(4)54(74)65(41)43-23-25-46(67)59-51(43)71)31-28-37-18-22-42(64(37)52(40)72)50(70)57-39(20-24-45(56)66)49(69)60-48(35-13-7-5-8-14-35)36-15-9-6-10-16-36/h5-10,13-16,19,21,32,34,37,39-40,42-43,48H,11-12,17-18,20,22-31,33H2,1-4H3,(H2,56,66)(H,57,70)(H,58,73)(H,60,69)(H,59,67,71)/t37-,39+,40+,42+,43?/m1/s1. The lowest BCUT2D eigenvalue weighted by atomic mass is 9.91. The van der Waals surface area contributed by atoms with Crippen molar-refractivity contribution in [2.75, 3.05) is 31.1 Å². The van der Waals surface area contributed by atoms with E-state index in [2.05, 4.69) is 26.2 Å². The fourth-order valence-corrected chi connectivity index (χ4v) is 11.1. The van der Waals surface area contributed by atoms with Crippen molar-refractivity contribution < 1.29 is 43.1 Å². The SMILES string of the molecule is Cn1c(=O)n(C2CCC(=O)NC2=O)c2ccc(N3CCC(CCCC(=O)N4CC[C@H]5CC[C@@H](C(=O)N[C@@H](CCC(N)=O)C(=O)NC(c6ccccc6)c6ccccc6)N5C(=O)[C@@H](NC(=O)OC(C)(C)C)C4)CC3)cc21. The Morgan fingerprint density at radius 1 is 0.800 bits per heavy atom. The Bertz CT molecular complexity index is 2800. The third-order valence-corrected chi connectivity index (χ3v) is 15.0. The van der Waals surface area contributed by atoms with Gasteiger partial charge >= 0.3 is 11.8 Å². The molecular weight excluding hydrogens is 961 g/mol. The minimum absolute atomic E-state index is 0.0837. The van der Waals surface area contributed by atoms with Crippen molar-refractivity contribution in [1.82, 2.24) is 40.2 Å². The molecule has 400 valence electrons. The number of rotatable bonds is 16. The van der Waals surface area contributed by atoms with Gasteiger partial charge in [-0.05, 0) is 114 Å². The van der Waals surface area contributed by atoms with Crippen molar-refractivity contribution in [1.29, 1.82) is 0 Å². The number of carbonyl (C=O) groups is 8. The highest BCUT2D eigenvalue weighted by Crippen LogP contribution is 2.33. The van der Waals surface area contributed by atoms with Crippen LogP contribution in [-0.2, 0) is 45.3 Å². The first-order chi connectivity index (χ1) is 35.8. The summed E-state index contributed by atoms with van der Waals surface area (Å²) < 4.78 is 8.58. The number of nitrogens with two attached hydrogens (primary N) is 1. The Kier molecular flexibility index (Phi) is 16.7. The highest BCUT2D eigenvalue weighted by molar-refractivity contribution is 6.00. The van der Waals surface area contributed by atoms with Gasteiger partial charge in [-0.2, -0.15) is 0 Å². The highest BCUT2D eigenvalue weighted by Gasteiger charge is 2.46. The molecule has 4 aromatic rings. The predicted molar refractivity (Wildman–Crippen MR) is 279 cm³/mol. The normalized spacial score (nSPS) is 21.0. The second-order valence-electron chi connectivity index (χ2n) is 21.3. The third kappa shape index (κ3) is 12.9. The molecule has 8 rings (SSSR count). The van der Waals surface area contributed by atoms with Crippen LogP contribution in [0.15, 0.2) is 83.7 Å². The first-order valence-corrected chi connectivity index (χ1v) is 26.2. The number of benzene rings is 3. The molecule has 0 aliphatic carbocycles. The number of fused-ring (bicyclic) bond motifs is 2. The molecule has 4 saturated heterocycles. The number of nitrogens with zero attached hydrogens (tertiary/aromatic N) is 5. The maximum absolute atomic E-state index is 14.7. The fourth-order valence-electron chi connectivity index (χ4n) is 11.1. The van der Waals surface area contributed by atoms with Crippen molar-refractivity contribution >= 4 is 64.2 Å². The summed E-state index contributed by atoms with van der Waals surface area (Å²) in [7, 11) is 1.68. The van der Waals surface area contributed by atoms with Crippen molar-refractivity contribution in [2.45, 2.75) is 140 Å². The fraction of sp³-hybridized carbons (Fsp3) is 0.509. The number of aromatic nitrogens is 2. The molecule has 5 atom stereocenters. The van der Waals surface area contributed by atoms with Crippen molar-refractivity contribution in [2.24, 2.45) is 18.7 Å². The number of alkyl carbamates (subject to hydrolysis) is 1. The van der Waals surface area contributed by atoms with Crippen LogP contribution in [0, 0.1) is 5.92 Å². The van der Waals surface area contributed by atoms with Gasteiger partial charge in [0.15, 0.2) is 0 Å². The number of imidazole rings is 1. The lowest BCUT2D eigenvalue weighted by Gasteiger charge is -2.39. The Labute approximate surface area is 436 Å². The number of hydrogen-bond acceptors (Lipinski definition) is 11. The van der Waals surface area contributed by atoms with Crippen LogP contribution in [0.2, 0.25) is 0 Å². The summed E-state index contributed by atoms with van der Waals surface area (Å²) in [6.07, 6.45) is 3.88. The molecule has 0 spiro atoms. The number of anilines is 1. The quantitative estimate of drug-likeness (QED) is 0.101. The van der Waals surface area contributed by atoms with Gasteiger partial charge in [-0.25, -0.2) is 9.59 Å². The predicted octanol–water partition coefficient (Wildman–Crippen LogP) is 3.85. The van der Waals surface area contributed by atoms with Crippen LogP contribution in [0.5, 0.6) is 0 Å². The molecule has 20 heteroatoms. The number of aryl methyl sites for hydroxylation is 1. The van der Waals surface area contributed by atoms with Crippen molar-refractivity contribution in [3.8, 4) is 0 Å². The van der Waals surface area contributed by atoms with Crippen LogP contribution in [0.3, 0.4) is 0 Å². The topological polar surface area (TPSA) is 257 Å². The smallest absolute Gasteiger partial charge is 0.408 e. The minimum atomic E-state index is -1.24. The van der Waals surface area contributed by atoms with E-state index in [-0.39, 0.29) is 69.1 Å². The maximum atomic E-state index is 14.7. The summed E-state index contributed by atoms with van der Waals surface area (Å²) in [5, 5.41) is 11.0. The highest BCUT2D eigenvalue weighted by atomic mass is 16.6. The third-order valence-electron chi connectivity index (χ3n) is 15.0. The first kappa shape index (κ1) is 53.8.